The lowest BCUT2D eigenvalue weighted by molar-refractivity contribution is -0.120. The molecule has 1 amide bonds. The fourth-order valence-corrected chi connectivity index (χ4v) is 3.68. The number of methoxy groups -OCH3 is 1. The van der Waals surface area contributed by atoms with Crippen LogP contribution in [-0.2, 0) is 22.5 Å². The molecular weight excluding hydrogens is 366 g/mol. The molecule has 0 spiro atoms. The molecule has 2 atom stereocenters. The van der Waals surface area contributed by atoms with Gasteiger partial charge in [-0.1, -0.05) is 23.9 Å². The van der Waals surface area contributed by atoms with Crippen LogP contribution in [0.2, 0.25) is 0 Å². The number of carbonyl (C=O) groups is 1. The largest absolute Gasteiger partial charge is 0.497 e. The summed E-state index contributed by atoms with van der Waals surface area (Å²) in [5.41, 5.74) is 1.15. The molecule has 9 heteroatoms. The first-order valence-corrected chi connectivity index (χ1v) is 9.98. The highest BCUT2D eigenvalue weighted by molar-refractivity contribution is 8.00. The molecule has 146 valence electrons. The van der Waals surface area contributed by atoms with Crippen molar-refractivity contribution in [3.63, 3.8) is 0 Å². The van der Waals surface area contributed by atoms with E-state index in [0.717, 1.165) is 37.2 Å². The number of hydrogen-bond acceptors (Lipinski definition) is 7. The molecule has 1 aromatic heterocycles. The van der Waals surface area contributed by atoms with Crippen molar-refractivity contribution in [3.05, 3.63) is 29.8 Å². The highest BCUT2D eigenvalue weighted by Crippen LogP contribution is 2.22. The maximum Gasteiger partial charge on any atom is 0.233 e. The Hall–Kier alpha value is -2.13. The lowest BCUT2D eigenvalue weighted by atomic mass is 10.1. The van der Waals surface area contributed by atoms with Crippen molar-refractivity contribution in [1.82, 2.24) is 25.5 Å². The summed E-state index contributed by atoms with van der Waals surface area (Å²) < 4.78 is 12.5. The molecular formula is C18H25N5O3S. The van der Waals surface area contributed by atoms with Crippen LogP contribution in [0.25, 0.3) is 0 Å². The van der Waals surface area contributed by atoms with Crippen LogP contribution >= 0.6 is 11.8 Å². The van der Waals surface area contributed by atoms with Gasteiger partial charge < -0.3 is 14.8 Å². The van der Waals surface area contributed by atoms with Crippen LogP contribution in [0.3, 0.4) is 0 Å². The van der Waals surface area contributed by atoms with E-state index in [0.29, 0.717) is 18.2 Å². The Bertz CT molecular complexity index is 731. The molecule has 2 heterocycles. The molecule has 1 aromatic carbocycles. The summed E-state index contributed by atoms with van der Waals surface area (Å²) in [7, 11) is 1.64. The van der Waals surface area contributed by atoms with Crippen molar-refractivity contribution >= 4 is 17.7 Å². The predicted octanol–water partition coefficient (Wildman–Crippen LogP) is 1.70. The van der Waals surface area contributed by atoms with Crippen molar-refractivity contribution in [1.29, 1.82) is 0 Å². The van der Waals surface area contributed by atoms with Gasteiger partial charge >= 0.3 is 0 Å². The van der Waals surface area contributed by atoms with Crippen LogP contribution < -0.4 is 10.1 Å². The second-order valence-corrected chi connectivity index (χ2v) is 7.74. The third kappa shape index (κ3) is 5.67. The van der Waals surface area contributed by atoms with E-state index in [-0.39, 0.29) is 17.3 Å². The minimum absolute atomic E-state index is 0.0276. The summed E-state index contributed by atoms with van der Waals surface area (Å²) in [6.45, 7) is 3.86. The first-order valence-electron chi connectivity index (χ1n) is 9.11. The summed E-state index contributed by atoms with van der Waals surface area (Å²) in [4.78, 5) is 12.4. The molecule has 1 saturated heterocycles. The van der Waals surface area contributed by atoms with Gasteiger partial charge in [-0.2, -0.15) is 0 Å². The van der Waals surface area contributed by atoms with Crippen LogP contribution in [0.15, 0.2) is 29.4 Å². The molecule has 3 rings (SSSR count). The number of nitrogens with zero attached hydrogens (tertiary/aromatic N) is 4. The van der Waals surface area contributed by atoms with Gasteiger partial charge in [0.1, 0.15) is 5.75 Å². The van der Waals surface area contributed by atoms with Crippen molar-refractivity contribution in [2.75, 3.05) is 20.3 Å². The average molecular weight is 391 g/mol. The second-order valence-electron chi connectivity index (χ2n) is 6.43. The number of ether oxygens (including phenoxy) is 2. The zero-order chi connectivity index (χ0) is 19.1. The molecule has 2 unspecified atom stereocenters. The number of hydrogen-bond donors (Lipinski definition) is 1. The number of nitrogens with one attached hydrogen (secondary N) is 1. The Balaban J connectivity index is 1.44. The standard InChI is InChI=1S/C18H25N5O3S/c1-13(17(24)19-10-9-14-5-7-15(25-2)8-6-14)27-18-20-21-22-23(18)12-16-4-3-11-26-16/h5-8,13,16H,3-4,9-12H2,1-2H3,(H,19,24). The van der Waals surface area contributed by atoms with E-state index in [4.69, 9.17) is 9.47 Å². The number of aromatic nitrogens is 4. The van der Waals surface area contributed by atoms with Crippen LogP contribution in [0.4, 0.5) is 0 Å². The number of carbonyl (C=O) groups excluding carboxylic acids is 1. The Morgan fingerprint density at radius 2 is 2.26 bits per heavy atom. The molecule has 8 nitrogen and oxygen atoms in total. The fourth-order valence-electron chi connectivity index (χ4n) is 2.85. The Kier molecular flexibility index (Phi) is 7.05. The highest BCUT2D eigenvalue weighted by Gasteiger charge is 2.22. The van der Waals surface area contributed by atoms with Gasteiger partial charge in [-0.05, 0) is 54.3 Å². The van der Waals surface area contributed by atoms with Crippen LogP contribution in [0.1, 0.15) is 25.3 Å². The molecule has 1 fully saturated rings. The van der Waals surface area contributed by atoms with Crippen LogP contribution in [-0.4, -0.2) is 57.7 Å². The quantitative estimate of drug-likeness (QED) is 0.651. The molecule has 1 aliphatic rings. The predicted molar refractivity (Wildman–Crippen MR) is 102 cm³/mol. The van der Waals surface area contributed by atoms with Gasteiger partial charge in [0.15, 0.2) is 0 Å². The third-order valence-corrected chi connectivity index (χ3v) is 5.49. The van der Waals surface area contributed by atoms with E-state index >= 15 is 0 Å². The average Bonchev–Trinajstić information content (AvgIpc) is 3.35. The van der Waals surface area contributed by atoms with E-state index in [1.54, 1.807) is 11.8 Å². The lowest BCUT2D eigenvalue weighted by Crippen LogP contribution is -2.32. The zero-order valence-electron chi connectivity index (χ0n) is 15.6. The topological polar surface area (TPSA) is 91.2 Å². The lowest BCUT2D eigenvalue weighted by Gasteiger charge is -2.13. The minimum Gasteiger partial charge on any atom is -0.497 e. The van der Waals surface area contributed by atoms with Gasteiger partial charge in [-0.15, -0.1) is 5.10 Å². The summed E-state index contributed by atoms with van der Waals surface area (Å²) in [6.07, 6.45) is 3.01. The molecule has 0 radical (unpaired) electrons. The van der Waals surface area contributed by atoms with Gasteiger partial charge in [-0.3, -0.25) is 4.79 Å². The molecule has 0 aliphatic carbocycles. The number of amides is 1. The Morgan fingerprint density at radius 3 is 2.96 bits per heavy atom. The second kappa shape index (κ2) is 9.70. The molecule has 2 aromatic rings. The molecule has 27 heavy (non-hydrogen) atoms. The van der Waals surface area contributed by atoms with Gasteiger partial charge in [0.05, 0.1) is 25.0 Å². The smallest absolute Gasteiger partial charge is 0.233 e. The summed E-state index contributed by atoms with van der Waals surface area (Å²) >= 11 is 1.36. The fraction of sp³-hybridized carbons (Fsp3) is 0.556. The van der Waals surface area contributed by atoms with E-state index in [9.17, 15) is 4.79 Å². The minimum atomic E-state index is -0.282. The van der Waals surface area contributed by atoms with Crippen molar-refractivity contribution in [2.24, 2.45) is 0 Å². The summed E-state index contributed by atoms with van der Waals surface area (Å²) in [5.74, 6) is 0.800. The number of rotatable bonds is 9. The summed E-state index contributed by atoms with van der Waals surface area (Å²) in [5, 5.41) is 15.1. The highest BCUT2D eigenvalue weighted by atomic mass is 32.2. The molecule has 0 saturated carbocycles. The molecule has 1 N–H and O–H groups in total. The first-order chi connectivity index (χ1) is 13.2. The summed E-state index contributed by atoms with van der Waals surface area (Å²) in [6, 6.07) is 7.85. The zero-order valence-corrected chi connectivity index (χ0v) is 16.4. The van der Waals surface area contributed by atoms with E-state index in [1.165, 1.54) is 11.8 Å². The van der Waals surface area contributed by atoms with E-state index < -0.39 is 0 Å². The first kappa shape index (κ1) is 19.6. The van der Waals surface area contributed by atoms with Crippen molar-refractivity contribution < 1.29 is 14.3 Å². The molecule has 0 bridgehead atoms. The maximum absolute atomic E-state index is 12.4. The number of thioether (sulfide) groups is 1. The van der Waals surface area contributed by atoms with Crippen LogP contribution in [0.5, 0.6) is 5.75 Å². The number of tetrazole rings is 1. The normalized spacial score (nSPS) is 17.6. The van der Waals surface area contributed by atoms with Gasteiger partial charge in [0.25, 0.3) is 0 Å². The van der Waals surface area contributed by atoms with Crippen LogP contribution in [0, 0.1) is 0 Å². The van der Waals surface area contributed by atoms with Gasteiger partial charge in [0.2, 0.25) is 11.1 Å². The number of benzene rings is 1. The third-order valence-electron chi connectivity index (χ3n) is 4.42. The van der Waals surface area contributed by atoms with E-state index in [2.05, 4.69) is 20.8 Å². The Labute approximate surface area is 163 Å². The SMILES string of the molecule is COc1ccc(CCNC(=O)C(C)Sc2nnnn2CC2CCCO2)cc1. The van der Waals surface area contributed by atoms with Crippen molar-refractivity contribution in [2.45, 2.75) is 49.2 Å². The van der Waals surface area contributed by atoms with Crippen molar-refractivity contribution in [3.8, 4) is 5.75 Å². The molecule has 1 aliphatic heterocycles. The monoisotopic (exact) mass is 391 g/mol. The van der Waals surface area contributed by atoms with E-state index in [1.807, 2.05) is 31.2 Å². The maximum atomic E-state index is 12.4. The Morgan fingerprint density at radius 1 is 1.44 bits per heavy atom. The van der Waals surface area contributed by atoms with Gasteiger partial charge in [-0.25, -0.2) is 4.68 Å². The van der Waals surface area contributed by atoms with Gasteiger partial charge in [0, 0.05) is 13.2 Å².